The fourth-order valence-corrected chi connectivity index (χ4v) is 2.18. The van der Waals surface area contributed by atoms with Gasteiger partial charge in [0.1, 0.15) is 23.7 Å². The van der Waals surface area contributed by atoms with Gasteiger partial charge in [-0.1, -0.05) is 0 Å². The zero-order chi connectivity index (χ0) is 19.2. The van der Waals surface area contributed by atoms with E-state index in [1.807, 2.05) is 0 Å². The SMILES string of the molecule is O=C(CCNC(=O)c1ccc(F)cc1F)Oc1ccc(-n2cnnn2)cc1. The van der Waals surface area contributed by atoms with Crippen LogP contribution in [0.2, 0.25) is 0 Å². The van der Waals surface area contributed by atoms with Crippen molar-refractivity contribution in [1.29, 1.82) is 0 Å². The Morgan fingerprint density at radius 3 is 2.56 bits per heavy atom. The highest BCUT2D eigenvalue weighted by molar-refractivity contribution is 5.94. The zero-order valence-electron chi connectivity index (χ0n) is 13.8. The number of carbonyl (C=O) groups excluding carboxylic acids is 2. The van der Waals surface area contributed by atoms with Gasteiger partial charge >= 0.3 is 5.97 Å². The number of nitrogens with one attached hydrogen (secondary N) is 1. The molecule has 1 heterocycles. The minimum atomic E-state index is -0.974. The number of hydrogen-bond donors (Lipinski definition) is 1. The summed E-state index contributed by atoms with van der Waals surface area (Å²) >= 11 is 0. The molecule has 0 saturated heterocycles. The van der Waals surface area contributed by atoms with E-state index in [-0.39, 0.29) is 18.5 Å². The van der Waals surface area contributed by atoms with Crippen LogP contribution in [0.1, 0.15) is 16.8 Å². The summed E-state index contributed by atoms with van der Waals surface area (Å²) in [4.78, 5) is 23.6. The Kier molecular flexibility index (Phi) is 5.45. The van der Waals surface area contributed by atoms with E-state index in [4.69, 9.17) is 4.74 Å². The van der Waals surface area contributed by atoms with Gasteiger partial charge in [-0.05, 0) is 46.8 Å². The van der Waals surface area contributed by atoms with Crippen LogP contribution >= 0.6 is 0 Å². The summed E-state index contributed by atoms with van der Waals surface area (Å²) in [6, 6.07) is 9.09. The van der Waals surface area contributed by atoms with Crippen LogP contribution < -0.4 is 10.1 Å². The Balaban J connectivity index is 1.47. The average molecular weight is 373 g/mol. The highest BCUT2D eigenvalue weighted by atomic mass is 19.1. The van der Waals surface area contributed by atoms with Crippen LogP contribution in [-0.4, -0.2) is 38.6 Å². The normalized spacial score (nSPS) is 10.4. The van der Waals surface area contributed by atoms with Crippen molar-refractivity contribution in [2.24, 2.45) is 0 Å². The molecule has 0 unspecified atom stereocenters. The van der Waals surface area contributed by atoms with Crippen molar-refractivity contribution >= 4 is 11.9 Å². The lowest BCUT2D eigenvalue weighted by molar-refractivity contribution is -0.134. The number of tetrazole rings is 1. The summed E-state index contributed by atoms with van der Waals surface area (Å²) in [6.07, 6.45) is 1.30. The largest absolute Gasteiger partial charge is 0.426 e. The third-order valence-corrected chi connectivity index (χ3v) is 3.47. The molecule has 0 fully saturated rings. The Bertz CT molecular complexity index is 946. The molecule has 1 N–H and O–H groups in total. The predicted octanol–water partition coefficient (Wildman–Crippen LogP) is 1.67. The number of halogens is 2. The lowest BCUT2D eigenvalue weighted by atomic mass is 10.2. The maximum atomic E-state index is 13.5. The molecule has 0 aliphatic rings. The van der Waals surface area contributed by atoms with Gasteiger partial charge in [0.05, 0.1) is 17.7 Å². The third-order valence-electron chi connectivity index (χ3n) is 3.47. The monoisotopic (exact) mass is 373 g/mol. The second-order valence-electron chi connectivity index (χ2n) is 5.35. The molecule has 3 rings (SSSR count). The molecule has 0 aliphatic carbocycles. The summed E-state index contributed by atoms with van der Waals surface area (Å²) in [7, 11) is 0. The first-order chi connectivity index (χ1) is 13.0. The highest BCUT2D eigenvalue weighted by Crippen LogP contribution is 2.15. The van der Waals surface area contributed by atoms with Crippen molar-refractivity contribution in [3.8, 4) is 11.4 Å². The summed E-state index contributed by atoms with van der Waals surface area (Å²) in [5.74, 6) is -2.76. The van der Waals surface area contributed by atoms with E-state index in [0.717, 1.165) is 12.1 Å². The number of amides is 1. The Morgan fingerprint density at radius 2 is 1.89 bits per heavy atom. The van der Waals surface area contributed by atoms with E-state index < -0.39 is 23.5 Å². The first kappa shape index (κ1) is 18.1. The molecule has 3 aromatic rings. The molecule has 2 aromatic carbocycles. The molecule has 138 valence electrons. The van der Waals surface area contributed by atoms with Crippen LogP contribution in [0.15, 0.2) is 48.8 Å². The van der Waals surface area contributed by atoms with Crippen molar-refractivity contribution in [2.45, 2.75) is 6.42 Å². The van der Waals surface area contributed by atoms with E-state index in [1.165, 1.54) is 11.0 Å². The zero-order valence-corrected chi connectivity index (χ0v) is 13.8. The predicted molar refractivity (Wildman–Crippen MR) is 88.1 cm³/mol. The second kappa shape index (κ2) is 8.13. The van der Waals surface area contributed by atoms with E-state index >= 15 is 0 Å². The maximum absolute atomic E-state index is 13.5. The molecule has 0 saturated carbocycles. The number of carbonyl (C=O) groups is 2. The molecular weight excluding hydrogens is 360 g/mol. The molecule has 0 atom stereocenters. The summed E-state index contributed by atoms with van der Waals surface area (Å²) < 4.78 is 32.9. The second-order valence-corrected chi connectivity index (χ2v) is 5.35. The molecule has 1 amide bonds. The quantitative estimate of drug-likeness (QED) is 0.521. The van der Waals surface area contributed by atoms with Gasteiger partial charge in [0.2, 0.25) is 0 Å². The van der Waals surface area contributed by atoms with Gasteiger partial charge < -0.3 is 10.1 Å². The summed E-state index contributed by atoms with van der Waals surface area (Å²) in [5.41, 5.74) is 0.386. The molecule has 0 bridgehead atoms. The van der Waals surface area contributed by atoms with E-state index in [0.29, 0.717) is 17.5 Å². The molecule has 27 heavy (non-hydrogen) atoms. The smallest absolute Gasteiger partial charge is 0.312 e. The first-order valence-corrected chi connectivity index (χ1v) is 7.80. The molecule has 0 radical (unpaired) electrons. The van der Waals surface area contributed by atoms with Gasteiger partial charge in [-0.3, -0.25) is 9.59 Å². The topological polar surface area (TPSA) is 99.0 Å². The van der Waals surface area contributed by atoms with Gasteiger partial charge in [0.25, 0.3) is 5.91 Å². The molecule has 0 spiro atoms. The van der Waals surface area contributed by atoms with E-state index in [1.54, 1.807) is 24.3 Å². The maximum Gasteiger partial charge on any atom is 0.312 e. The lowest BCUT2D eigenvalue weighted by Crippen LogP contribution is -2.27. The molecule has 10 heteroatoms. The molecule has 0 aliphatic heterocycles. The van der Waals surface area contributed by atoms with Gasteiger partial charge in [0, 0.05) is 12.6 Å². The molecular formula is C17H13F2N5O3. The fourth-order valence-electron chi connectivity index (χ4n) is 2.18. The van der Waals surface area contributed by atoms with Crippen LogP contribution in [0, 0.1) is 11.6 Å². The molecule has 8 nitrogen and oxygen atoms in total. The minimum absolute atomic E-state index is 0.0583. The standard InChI is InChI=1S/C17H13F2N5O3/c18-11-1-6-14(15(19)9-11)17(26)20-8-7-16(25)27-13-4-2-12(3-5-13)24-10-21-22-23-24/h1-6,9-10H,7-8H2,(H,20,26). The Labute approximate surface area is 151 Å². The number of hydrogen-bond acceptors (Lipinski definition) is 6. The lowest BCUT2D eigenvalue weighted by Gasteiger charge is -2.07. The number of aromatic nitrogens is 4. The van der Waals surface area contributed by atoms with Crippen molar-refractivity contribution in [3.05, 3.63) is 66.0 Å². The van der Waals surface area contributed by atoms with Gasteiger partial charge in [-0.15, -0.1) is 5.10 Å². The fraction of sp³-hybridized carbons (Fsp3) is 0.118. The summed E-state index contributed by atoms with van der Waals surface area (Å²) in [6.45, 7) is -0.0583. The van der Waals surface area contributed by atoms with Gasteiger partial charge in [-0.25, -0.2) is 13.5 Å². The van der Waals surface area contributed by atoms with Crippen molar-refractivity contribution in [3.63, 3.8) is 0 Å². The van der Waals surface area contributed by atoms with Gasteiger partial charge in [-0.2, -0.15) is 0 Å². The van der Waals surface area contributed by atoms with Crippen LogP contribution in [-0.2, 0) is 4.79 Å². The van der Waals surface area contributed by atoms with Crippen molar-refractivity contribution < 1.29 is 23.1 Å². The highest BCUT2D eigenvalue weighted by Gasteiger charge is 2.13. The van der Waals surface area contributed by atoms with Crippen molar-refractivity contribution in [1.82, 2.24) is 25.5 Å². The number of ether oxygens (including phenoxy) is 1. The van der Waals surface area contributed by atoms with Crippen LogP contribution in [0.4, 0.5) is 8.78 Å². The first-order valence-electron chi connectivity index (χ1n) is 7.80. The van der Waals surface area contributed by atoms with Crippen LogP contribution in [0.25, 0.3) is 5.69 Å². The number of rotatable bonds is 6. The number of benzene rings is 2. The number of nitrogens with zero attached hydrogens (tertiary/aromatic N) is 4. The molecule has 1 aromatic heterocycles. The Hall–Kier alpha value is -3.69. The summed E-state index contributed by atoms with van der Waals surface area (Å²) in [5, 5.41) is 13.1. The Morgan fingerprint density at radius 1 is 1.11 bits per heavy atom. The van der Waals surface area contributed by atoms with E-state index in [9.17, 15) is 18.4 Å². The third kappa shape index (κ3) is 4.69. The van der Waals surface area contributed by atoms with Crippen LogP contribution in [0.5, 0.6) is 5.75 Å². The minimum Gasteiger partial charge on any atom is -0.426 e. The van der Waals surface area contributed by atoms with Crippen LogP contribution in [0.3, 0.4) is 0 Å². The average Bonchev–Trinajstić information content (AvgIpc) is 3.17. The van der Waals surface area contributed by atoms with Gasteiger partial charge in [0.15, 0.2) is 0 Å². The number of esters is 1. The van der Waals surface area contributed by atoms with E-state index in [2.05, 4.69) is 20.8 Å². The van der Waals surface area contributed by atoms with Crippen molar-refractivity contribution in [2.75, 3.05) is 6.54 Å².